The van der Waals surface area contributed by atoms with Crippen LogP contribution in [0.15, 0.2) is 6.20 Å². The minimum atomic E-state index is 0.147. The van der Waals surface area contributed by atoms with Crippen LogP contribution >= 0.6 is 11.6 Å². The van der Waals surface area contributed by atoms with E-state index in [9.17, 15) is 0 Å². The molecule has 5 heterocycles. The highest BCUT2D eigenvalue weighted by molar-refractivity contribution is 6.32. The van der Waals surface area contributed by atoms with E-state index in [1.165, 1.54) is 0 Å². The third-order valence-electron chi connectivity index (χ3n) is 5.22. The smallest absolute Gasteiger partial charge is 0.228 e. The largest absolute Gasteiger partial charge is 0.378 e. The lowest BCUT2D eigenvalue weighted by atomic mass is 10.1. The van der Waals surface area contributed by atoms with Crippen LogP contribution in [0.25, 0.3) is 11.3 Å². The highest BCUT2D eigenvalue weighted by Gasteiger charge is 2.37. The highest BCUT2D eigenvalue weighted by atomic mass is 35.5. The van der Waals surface area contributed by atoms with E-state index in [1.54, 1.807) is 6.20 Å². The Hall–Kier alpha value is -2.23. The van der Waals surface area contributed by atoms with Crippen molar-refractivity contribution in [2.75, 3.05) is 61.6 Å². The van der Waals surface area contributed by atoms with Crippen molar-refractivity contribution in [2.45, 2.75) is 12.5 Å². The molecule has 9 nitrogen and oxygen atoms in total. The van der Waals surface area contributed by atoms with Gasteiger partial charge in [0.15, 0.2) is 0 Å². The Balaban J connectivity index is 1.65. The molecule has 0 bridgehead atoms. The van der Waals surface area contributed by atoms with Crippen molar-refractivity contribution in [3.8, 4) is 11.3 Å². The maximum absolute atomic E-state index is 6.39. The number of fused-ring (bicyclic) bond motifs is 3. The SMILES string of the molecule is Nc1ncc(-c2nc(N3CCOCC3)nc3c2C[C@@H]2COCCN32)c(Cl)n1. The molecule has 0 saturated carbocycles. The Bertz CT molecular complexity index is 875. The Labute approximate surface area is 161 Å². The number of halogens is 1. The molecule has 0 aliphatic carbocycles. The predicted molar refractivity (Wildman–Crippen MR) is 101 cm³/mol. The molecule has 10 heteroatoms. The van der Waals surface area contributed by atoms with E-state index < -0.39 is 0 Å². The van der Waals surface area contributed by atoms with Gasteiger partial charge in [0, 0.05) is 37.8 Å². The van der Waals surface area contributed by atoms with Crippen LogP contribution < -0.4 is 15.5 Å². The number of aromatic nitrogens is 4. The van der Waals surface area contributed by atoms with Crippen molar-refractivity contribution in [3.63, 3.8) is 0 Å². The molecule has 2 aromatic rings. The molecular weight excluding hydrogens is 370 g/mol. The van der Waals surface area contributed by atoms with E-state index in [-0.39, 0.29) is 12.0 Å². The summed E-state index contributed by atoms with van der Waals surface area (Å²) >= 11 is 6.39. The Morgan fingerprint density at radius 3 is 2.70 bits per heavy atom. The van der Waals surface area contributed by atoms with Crippen molar-refractivity contribution < 1.29 is 9.47 Å². The van der Waals surface area contributed by atoms with Crippen molar-refractivity contribution in [2.24, 2.45) is 0 Å². The second kappa shape index (κ2) is 6.74. The lowest BCUT2D eigenvalue weighted by Crippen LogP contribution is -2.43. The molecule has 2 fully saturated rings. The minimum absolute atomic E-state index is 0.147. The van der Waals surface area contributed by atoms with Gasteiger partial charge in [-0.3, -0.25) is 0 Å². The molecule has 27 heavy (non-hydrogen) atoms. The fourth-order valence-corrected chi connectivity index (χ4v) is 4.11. The van der Waals surface area contributed by atoms with Gasteiger partial charge in [0.2, 0.25) is 11.9 Å². The molecule has 0 unspecified atom stereocenters. The third-order valence-corrected chi connectivity index (χ3v) is 5.51. The molecule has 1 atom stereocenters. The van der Waals surface area contributed by atoms with Gasteiger partial charge in [-0.05, 0) is 0 Å². The van der Waals surface area contributed by atoms with Crippen LogP contribution in [-0.4, -0.2) is 72.0 Å². The van der Waals surface area contributed by atoms with Crippen LogP contribution in [0, 0.1) is 0 Å². The summed E-state index contributed by atoms with van der Waals surface area (Å²) in [4.78, 5) is 22.5. The number of ether oxygens (including phenoxy) is 2. The summed E-state index contributed by atoms with van der Waals surface area (Å²) in [5.74, 6) is 1.79. The van der Waals surface area contributed by atoms with E-state index in [0.29, 0.717) is 43.1 Å². The molecular formula is C17H20ClN7O2. The Kier molecular flexibility index (Phi) is 4.22. The standard InChI is InChI=1S/C17H20ClN7O2/c18-14-12(8-20-16(19)22-14)13-11-7-10-9-27-6-3-25(10)15(11)23-17(21-13)24-1-4-26-5-2-24/h8,10H,1-7,9H2,(H2,19,20,22)/t10-/m1/s1. The van der Waals surface area contributed by atoms with E-state index in [2.05, 4.69) is 19.8 Å². The summed E-state index contributed by atoms with van der Waals surface area (Å²) in [5, 5.41) is 0.303. The molecule has 3 aliphatic heterocycles. The van der Waals surface area contributed by atoms with E-state index in [1.807, 2.05) is 0 Å². The number of hydrogen-bond donors (Lipinski definition) is 1. The average Bonchev–Trinajstić information content (AvgIpc) is 3.07. The van der Waals surface area contributed by atoms with E-state index in [0.717, 1.165) is 43.1 Å². The number of morpholine rings is 2. The van der Waals surface area contributed by atoms with Gasteiger partial charge in [0.05, 0.1) is 43.7 Å². The number of nitrogens with two attached hydrogens (primary N) is 1. The zero-order chi connectivity index (χ0) is 18.4. The van der Waals surface area contributed by atoms with Crippen LogP contribution in [0.2, 0.25) is 5.15 Å². The van der Waals surface area contributed by atoms with Crippen LogP contribution in [-0.2, 0) is 15.9 Å². The predicted octanol–water partition coefficient (Wildman–Crippen LogP) is 0.767. The van der Waals surface area contributed by atoms with Crippen molar-refractivity contribution in [1.29, 1.82) is 0 Å². The number of anilines is 3. The zero-order valence-corrected chi connectivity index (χ0v) is 15.5. The van der Waals surface area contributed by atoms with Gasteiger partial charge in [0.1, 0.15) is 11.0 Å². The van der Waals surface area contributed by atoms with Crippen molar-refractivity contribution >= 4 is 29.3 Å². The van der Waals surface area contributed by atoms with Gasteiger partial charge in [-0.15, -0.1) is 0 Å². The number of hydrogen-bond acceptors (Lipinski definition) is 9. The second-order valence-electron chi connectivity index (χ2n) is 6.83. The van der Waals surface area contributed by atoms with Gasteiger partial charge in [0.25, 0.3) is 0 Å². The summed E-state index contributed by atoms with van der Waals surface area (Å²) in [6, 6.07) is 0.273. The number of nitrogen functional groups attached to an aromatic ring is 1. The monoisotopic (exact) mass is 389 g/mol. The van der Waals surface area contributed by atoms with Gasteiger partial charge < -0.3 is 25.0 Å². The van der Waals surface area contributed by atoms with Gasteiger partial charge in [-0.1, -0.05) is 11.6 Å². The fraction of sp³-hybridized carbons (Fsp3) is 0.529. The summed E-state index contributed by atoms with van der Waals surface area (Å²) in [5.41, 5.74) is 8.20. The lowest BCUT2D eigenvalue weighted by molar-refractivity contribution is 0.0974. The Morgan fingerprint density at radius 2 is 1.89 bits per heavy atom. The van der Waals surface area contributed by atoms with Crippen molar-refractivity contribution in [1.82, 2.24) is 19.9 Å². The molecule has 142 valence electrons. The summed E-state index contributed by atoms with van der Waals surface area (Å²) in [6.07, 6.45) is 2.46. The quantitative estimate of drug-likeness (QED) is 0.746. The molecule has 5 rings (SSSR count). The highest BCUT2D eigenvalue weighted by Crippen LogP contribution is 2.40. The Morgan fingerprint density at radius 1 is 1.07 bits per heavy atom. The molecule has 0 spiro atoms. The minimum Gasteiger partial charge on any atom is -0.378 e. The normalized spacial score (nSPS) is 21.9. The van der Waals surface area contributed by atoms with Crippen LogP contribution in [0.1, 0.15) is 5.56 Å². The average molecular weight is 390 g/mol. The summed E-state index contributed by atoms with van der Waals surface area (Å²) in [7, 11) is 0. The summed E-state index contributed by atoms with van der Waals surface area (Å²) in [6.45, 7) is 5.07. The number of nitrogens with zero attached hydrogens (tertiary/aromatic N) is 6. The molecule has 3 aliphatic rings. The van der Waals surface area contributed by atoms with E-state index in [4.69, 9.17) is 36.8 Å². The molecule has 2 aromatic heterocycles. The second-order valence-corrected chi connectivity index (χ2v) is 7.19. The topological polar surface area (TPSA) is 103 Å². The molecule has 0 radical (unpaired) electrons. The van der Waals surface area contributed by atoms with E-state index >= 15 is 0 Å². The molecule has 2 saturated heterocycles. The maximum Gasteiger partial charge on any atom is 0.228 e. The summed E-state index contributed by atoms with van der Waals surface area (Å²) < 4.78 is 11.1. The van der Waals surface area contributed by atoms with Crippen LogP contribution in [0.4, 0.5) is 17.7 Å². The zero-order valence-electron chi connectivity index (χ0n) is 14.8. The first-order valence-corrected chi connectivity index (χ1v) is 9.45. The maximum atomic E-state index is 6.39. The van der Waals surface area contributed by atoms with Crippen molar-refractivity contribution in [3.05, 3.63) is 16.9 Å². The van der Waals surface area contributed by atoms with Gasteiger partial charge in [-0.25, -0.2) is 15.0 Å². The first-order valence-electron chi connectivity index (χ1n) is 9.07. The van der Waals surface area contributed by atoms with Crippen LogP contribution in [0.3, 0.4) is 0 Å². The lowest BCUT2D eigenvalue weighted by Gasteiger charge is -2.32. The molecule has 0 aromatic carbocycles. The number of rotatable bonds is 2. The molecule has 0 amide bonds. The first-order chi connectivity index (χ1) is 13.2. The fourth-order valence-electron chi connectivity index (χ4n) is 3.88. The third kappa shape index (κ3) is 2.95. The van der Waals surface area contributed by atoms with Crippen LogP contribution in [0.5, 0.6) is 0 Å². The van der Waals surface area contributed by atoms with Gasteiger partial charge >= 0.3 is 0 Å². The first kappa shape index (κ1) is 16.9. The molecule has 2 N–H and O–H groups in total. The van der Waals surface area contributed by atoms with Gasteiger partial charge in [-0.2, -0.15) is 4.98 Å².